The van der Waals surface area contributed by atoms with E-state index in [2.05, 4.69) is 31.1 Å². The first-order valence-corrected chi connectivity index (χ1v) is 6.66. The molecule has 4 heteroatoms. The molecule has 2 aromatic rings. The number of anilines is 1. The van der Waals surface area contributed by atoms with Gasteiger partial charge in [0.05, 0.1) is 18.4 Å². The normalized spacial score (nSPS) is 11.2. The molecule has 0 aliphatic carbocycles. The van der Waals surface area contributed by atoms with Gasteiger partial charge in [-0.15, -0.1) is 0 Å². The molecule has 0 fully saturated rings. The minimum absolute atomic E-state index is 0.0364. The maximum absolute atomic E-state index is 5.40. The van der Waals surface area contributed by atoms with Crippen molar-refractivity contribution >= 4 is 5.82 Å². The fourth-order valence-electron chi connectivity index (χ4n) is 1.91. The largest absolute Gasteiger partial charge is 0.496 e. The van der Waals surface area contributed by atoms with Crippen molar-refractivity contribution in [1.29, 1.82) is 0 Å². The molecular formula is C16H21N3O. The Hall–Kier alpha value is -2.10. The second kappa shape index (κ2) is 5.49. The fourth-order valence-corrected chi connectivity index (χ4v) is 1.91. The molecule has 0 bridgehead atoms. The Kier molecular flexibility index (Phi) is 3.93. The maximum Gasteiger partial charge on any atom is 0.165 e. The number of para-hydroxylation sites is 1. The van der Waals surface area contributed by atoms with Gasteiger partial charge in [0.2, 0.25) is 0 Å². The van der Waals surface area contributed by atoms with Crippen molar-refractivity contribution in [2.45, 2.75) is 26.2 Å². The topological polar surface area (TPSA) is 47.0 Å². The highest BCUT2D eigenvalue weighted by molar-refractivity contribution is 5.65. The van der Waals surface area contributed by atoms with Crippen LogP contribution in [-0.4, -0.2) is 24.1 Å². The molecule has 1 heterocycles. The Morgan fingerprint density at radius 1 is 1.10 bits per heavy atom. The van der Waals surface area contributed by atoms with Crippen molar-refractivity contribution in [3.05, 3.63) is 36.0 Å². The molecule has 1 aromatic carbocycles. The van der Waals surface area contributed by atoms with E-state index in [1.165, 1.54) is 0 Å². The fraction of sp³-hybridized carbons (Fsp3) is 0.375. The van der Waals surface area contributed by atoms with Crippen LogP contribution in [0.25, 0.3) is 11.4 Å². The number of nitrogens with zero attached hydrogens (tertiary/aromatic N) is 2. The van der Waals surface area contributed by atoms with Crippen LogP contribution in [-0.2, 0) is 5.41 Å². The highest BCUT2D eigenvalue weighted by Gasteiger charge is 2.19. The molecule has 0 aliphatic rings. The van der Waals surface area contributed by atoms with E-state index < -0.39 is 0 Å². The first-order valence-electron chi connectivity index (χ1n) is 6.66. The van der Waals surface area contributed by atoms with Crippen LogP contribution in [0, 0.1) is 0 Å². The van der Waals surface area contributed by atoms with Crippen LogP contribution in [0.15, 0.2) is 30.3 Å². The number of benzene rings is 1. The average Bonchev–Trinajstić information content (AvgIpc) is 2.45. The highest BCUT2D eigenvalue weighted by atomic mass is 16.5. The molecule has 106 valence electrons. The third-order valence-electron chi connectivity index (χ3n) is 3.10. The van der Waals surface area contributed by atoms with E-state index in [-0.39, 0.29) is 5.41 Å². The van der Waals surface area contributed by atoms with Gasteiger partial charge in [0.1, 0.15) is 11.6 Å². The standard InChI is InChI=1S/C16H21N3O/c1-16(2,3)13-10-14(17-4)19-15(18-13)11-8-6-7-9-12(11)20-5/h6-10H,1-5H3,(H,17,18,19). The van der Waals surface area contributed by atoms with Crippen molar-refractivity contribution in [3.63, 3.8) is 0 Å². The number of hydrogen-bond donors (Lipinski definition) is 1. The second-order valence-corrected chi connectivity index (χ2v) is 5.66. The smallest absolute Gasteiger partial charge is 0.165 e. The first-order chi connectivity index (χ1) is 9.45. The van der Waals surface area contributed by atoms with Crippen LogP contribution in [0.2, 0.25) is 0 Å². The molecule has 0 saturated carbocycles. The second-order valence-electron chi connectivity index (χ2n) is 5.66. The first kappa shape index (κ1) is 14.3. The van der Waals surface area contributed by atoms with Gasteiger partial charge >= 0.3 is 0 Å². The van der Waals surface area contributed by atoms with Gasteiger partial charge in [-0.3, -0.25) is 0 Å². The number of rotatable bonds is 3. The van der Waals surface area contributed by atoms with Gasteiger partial charge < -0.3 is 10.1 Å². The molecule has 0 aliphatic heterocycles. The molecule has 0 radical (unpaired) electrons. The van der Waals surface area contributed by atoms with Crippen molar-refractivity contribution < 1.29 is 4.74 Å². The number of ether oxygens (including phenoxy) is 1. The summed E-state index contributed by atoms with van der Waals surface area (Å²) in [7, 11) is 3.52. The average molecular weight is 271 g/mol. The summed E-state index contributed by atoms with van der Waals surface area (Å²) in [4.78, 5) is 9.24. The van der Waals surface area contributed by atoms with Crippen LogP contribution >= 0.6 is 0 Å². The van der Waals surface area contributed by atoms with E-state index in [0.29, 0.717) is 5.82 Å². The van der Waals surface area contributed by atoms with Crippen molar-refractivity contribution in [3.8, 4) is 17.1 Å². The molecule has 2 rings (SSSR count). The quantitative estimate of drug-likeness (QED) is 0.928. The third-order valence-corrected chi connectivity index (χ3v) is 3.10. The molecule has 0 amide bonds. The van der Waals surface area contributed by atoms with E-state index >= 15 is 0 Å². The lowest BCUT2D eigenvalue weighted by atomic mass is 9.91. The summed E-state index contributed by atoms with van der Waals surface area (Å²) in [5.74, 6) is 2.27. The minimum atomic E-state index is -0.0364. The summed E-state index contributed by atoms with van der Waals surface area (Å²) in [5.41, 5.74) is 1.86. The lowest BCUT2D eigenvalue weighted by molar-refractivity contribution is 0.416. The third kappa shape index (κ3) is 2.90. The van der Waals surface area contributed by atoms with Crippen molar-refractivity contribution in [1.82, 2.24) is 9.97 Å². The molecule has 0 unspecified atom stereocenters. The SMILES string of the molecule is CNc1cc(C(C)(C)C)nc(-c2ccccc2OC)n1. The predicted octanol–water partition coefficient (Wildman–Crippen LogP) is 3.49. The van der Waals surface area contributed by atoms with Gasteiger partial charge in [-0.25, -0.2) is 9.97 Å². The Labute approximate surface area is 120 Å². The van der Waals surface area contributed by atoms with Crippen LogP contribution in [0.5, 0.6) is 5.75 Å². The van der Waals surface area contributed by atoms with Crippen LogP contribution in [0.4, 0.5) is 5.82 Å². The molecule has 4 nitrogen and oxygen atoms in total. The lowest BCUT2D eigenvalue weighted by Crippen LogP contribution is -2.15. The van der Waals surface area contributed by atoms with E-state index in [1.807, 2.05) is 37.4 Å². The van der Waals surface area contributed by atoms with Gasteiger partial charge in [-0.1, -0.05) is 32.9 Å². The van der Waals surface area contributed by atoms with E-state index in [4.69, 9.17) is 9.72 Å². The highest BCUT2D eigenvalue weighted by Crippen LogP contribution is 2.30. The minimum Gasteiger partial charge on any atom is -0.496 e. The zero-order valence-corrected chi connectivity index (χ0v) is 12.7. The Morgan fingerprint density at radius 2 is 1.80 bits per heavy atom. The number of aromatic nitrogens is 2. The molecule has 0 spiro atoms. The predicted molar refractivity (Wildman–Crippen MR) is 82.3 cm³/mol. The lowest BCUT2D eigenvalue weighted by Gasteiger charge is -2.19. The Bertz CT molecular complexity index is 603. The monoisotopic (exact) mass is 271 g/mol. The number of nitrogens with one attached hydrogen (secondary N) is 1. The van der Waals surface area contributed by atoms with E-state index in [0.717, 1.165) is 22.8 Å². The number of hydrogen-bond acceptors (Lipinski definition) is 4. The van der Waals surface area contributed by atoms with E-state index in [9.17, 15) is 0 Å². The molecule has 0 atom stereocenters. The summed E-state index contributed by atoms with van der Waals surface area (Å²) in [6.07, 6.45) is 0. The molecule has 20 heavy (non-hydrogen) atoms. The Balaban J connectivity index is 2.62. The van der Waals surface area contributed by atoms with Crippen LogP contribution < -0.4 is 10.1 Å². The molecule has 1 aromatic heterocycles. The van der Waals surface area contributed by atoms with Crippen molar-refractivity contribution in [2.75, 3.05) is 19.5 Å². The van der Waals surface area contributed by atoms with Crippen molar-refractivity contribution in [2.24, 2.45) is 0 Å². The van der Waals surface area contributed by atoms with Gasteiger partial charge in [0.25, 0.3) is 0 Å². The maximum atomic E-state index is 5.40. The molecule has 0 saturated heterocycles. The van der Waals surface area contributed by atoms with Crippen LogP contribution in [0.3, 0.4) is 0 Å². The number of methoxy groups -OCH3 is 1. The van der Waals surface area contributed by atoms with Gasteiger partial charge in [-0.2, -0.15) is 0 Å². The summed E-state index contributed by atoms with van der Waals surface area (Å²) in [6.45, 7) is 6.42. The zero-order chi connectivity index (χ0) is 14.8. The Morgan fingerprint density at radius 3 is 2.40 bits per heavy atom. The molecular weight excluding hydrogens is 250 g/mol. The van der Waals surface area contributed by atoms with Crippen LogP contribution in [0.1, 0.15) is 26.5 Å². The summed E-state index contributed by atoms with van der Waals surface area (Å²) < 4.78 is 5.40. The summed E-state index contributed by atoms with van der Waals surface area (Å²) >= 11 is 0. The summed E-state index contributed by atoms with van der Waals surface area (Å²) in [6, 6.07) is 9.78. The molecule has 1 N–H and O–H groups in total. The van der Waals surface area contributed by atoms with Gasteiger partial charge in [0, 0.05) is 18.5 Å². The van der Waals surface area contributed by atoms with Gasteiger partial charge in [0.15, 0.2) is 5.82 Å². The van der Waals surface area contributed by atoms with Gasteiger partial charge in [-0.05, 0) is 12.1 Å². The summed E-state index contributed by atoms with van der Waals surface area (Å²) in [5, 5.41) is 3.10. The van der Waals surface area contributed by atoms with E-state index in [1.54, 1.807) is 7.11 Å². The zero-order valence-electron chi connectivity index (χ0n) is 12.7.